The van der Waals surface area contributed by atoms with Gasteiger partial charge in [-0.2, -0.15) is 0 Å². The van der Waals surface area contributed by atoms with Crippen LogP contribution < -0.4 is 0 Å². The summed E-state index contributed by atoms with van der Waals surface area (Å²) in [6.07, 6.45) is 2.22. The van der Waals surface area contributed by atoms with Crippen LogP contribution in [0.5, 0.6) is 0 Å². The van der Waals surface area contributed by atoms with Gasteiger partial charge in [-0.3, -0.25) is 0 Å². The molecule has 0 spiro atoms. The molecule has 1 nitrogen and oxygen atoms in total. The molecule has 0 N–H and O–H groups in total. The number of aryl methyl sites for hydroxylation is 1. The summed E-state index contributed by atoms with van der Waals surface area (Å²) in [6, 6.07) is 4.21. The van der Waals surface area contributed by atoms with E-state index in [4.69, 9.17) is 0 Å². The third-order valence-electron chi connectivity index (χ3n) is 1.87. The third kappa shape index (κ3) is 2.61. The summed E-state index contributed by atoms with van der Waals surface area (Å²) in [6.45, 7) is 8.20. The van der Waals surface area contributed by atoms with Gasteiger partial charge in [0.05, 0.1) is 0 Å². The molecule has 0 saturated carbocycles. The molecule has 0 radical (unpaired) electrons. The van der Waals surface area contributed by atoms with Crippen molar-refractivity contribution < 1.29 is 0 Å². The Morgan fingerprint density at radius 2 is 1.93 bits per heavy atom. The zero-order valence-corrected chi connectivity index (χ0v) is 10.1. The summed E-state index contributed by atoms with van der Waals surface area (Å²) in [4.78, 5) is 4.47. The average molecular weight is 207 g/mol. The summed E-state index contributed by atoms with van der Waals surface area (Å²) >= 11 is 1.83. The first kappa shape index (κ1) is 11.3. The maximum absolute atomic E-state index is 4.47. The summed E-state index contributed by atoms with van der Waals surface area (Å²) in [5.74, 6) is 1.09. The minimum atomic E-state index is 1.09. The normalized spacial score (nSPS) is 13.6. The first-order valence-electron chi connectivity index (χ1n) is 5.03. The molecule has 0 fully saturated rings. The third-order valence-corrected chi connectivity index (χ3v) is 3.07. The van der Waals surface area contributed by atoms with Crippen molar-refractivity contribution in [1.82, 2.24) is 4.98 Å². The molecule has 14 heavy (non-hydrogen) atoms. The van der Waals surface area contributed by atoms with E-state index < -0.39 is 0 Å². The number of fused-ring (bicyclic) bond motifs is 1. The Morgan fingerprint density at radius 1 is 1.21 bits per heavy atom. The van der Waals surface area contributed by atoms with E-state index in [0.717, 1.165) is 11.4 Å². The molecule has 1 aliphatic heterocycles. The van der Waals surface area contributed by atoms with Crippen molar-refractivity contribution in [1.29, 1.82) is 0 Å². The van der Waals surface area contributed by atoms with Gasteiger partial charge in [-0.1, -0.05) is 31.6 Å². The second kappa shape index (κ2) is 5.20. The molecule has 2 rings (SSSR count). The molecule has 0 unspecified atom stereocenters. The van der Waals surface area contributed by atoms with Crippen molar-refractivity contribution in [3.8, 4) is 0 Å². The van der Waals surface area contributed by atoms with Crippen molar-refractivity contribution in [2.24, 2.45) is 0 Å². The molecule has 1 aromatic rings. The highest BCUT2D eigenvalue weighted by Gasteiger charge is 2.08. The van der Waals surface area contributed by atoms with Crippen LogP contribution in [-0.4, -0.2) is 10.7 Å². The van der Waals surface area contributed by atoms with Gasteiger partial charge in [0, 0.05) is 17.0 Å². The maximum Gasteiger partial charge on any atom is 0.104 e. The van der Waals surface area contributed by atoms with Crippen molar-refractivity contribution in [2.45, 2.75) is 32.7 Å². The Hall–Kier alpha value is -0.760. The lowest BCUT2D eigenvalue weighted by molar-refractivity contribution is 1.05. The number of hydrogen-bond donors (Lipinski definition) is 0. The zero-order valence-electron chi connectivity index (χ0n) is 9.29. The van der Waals surface area contributed by atoms with Crippen molar-refractivity contribution in [2.75, 3.05) is 5.75 Å². The molecule has 0 aliphatic carbocycles. The fourth-order valence-corrected chi connectivity index (χ4v) is 2.21. The number of pyridine rings is 1. The van der Waals surface area contributed by atoms with Gasteiger partial charge < -0.3 is 0 Å². The first-order valence-corrected chi connectivity index (χ1v) is 6.02. The Balaban J connectivity index is 0.000000461. The smallest absolute Gasteiger partial charge is 0.104 e. The maximum atomic E-state index is 4.47. The van der Waals surface area contributed by atoms with Gasteiger partial charge in [0.1, 0.15) is 5.03 Å². The fourth-order valence-electron chi connectivity index (χ4n) is 1.26. The Kier molecular flexibility index (Phi) is 4.21. The molecule has 0 bridgehead atoms. The fraction of sp³-hybridized carbons (Fsp3) is 0.417. The Morgan fingerprint density at radius 3 is 2.64 bits per heavy atom. The van der Waals surface area contributed by atoms with Crippen LogP contribution in [0.3, 0.4) is 0 Å². The minimum Gasteiger partial charge on any atom is -0.246 e. The molecule has 1 aliphatic rings. The topological polar surface area (TPSA) is 12.9 Å². The van der Waals surface area contributed by atoms with E-state index in [9.17, 15) is 0 Å². The van der Waals surface area contributed by atoms with Crippen LogP contribution in [0.4, 0.5) is 0 Å². The van der Waals surface area contributed by atoms with Crippen LogP contribution in [0.25, 0.3) is 6.08 Å². The van der Waals surface area contributed by atoms with E-state index in [-0.39, 0.29) is 0 Å². The monoisotopic (exact) mass is 207 g/mol. The number of aromatic nitrogens is 1. The molecule has 0 atom stereocenters. The molecule has 0 saturated heterocycles. The van der Waals surface area contributed by atoms with Crippen LogP contribution in [-0.2, 0) is 0 Å². The molecule has 2 heterocycles. The second-order valence-corrected chi connectivity index (χ2v) is 4.09. The Bertz CT molecular complexity index is 342. The average Bonchev–Trinajstić information content (AvgIpc) is 2.21. The van der Waals surface area contributed by atoms with Gasteiger partial charge >= 0.3 is 0 Å². The minimum absolute atomic E-state index is 1.09. The van der Waals surface area contributed by atoms with Crippen molar-refractivity contribution >= 4 is 17.8 Å². The van der Waals surface area contributed by atoms with Gasteiger partial charge in [-0.15, -0.1) is 11.8 Å². The molecule has 76 valence electrons. The van der Waals surface area contributed by atoms with Crippen LogP contribution in [0.15, 0.2) is 22.7 Å². The lowest BCUT2D eigenvalue weighted by atomic mass is 10.2. The lowest BCUT2D eigenvalue weighted by Gasteiger charge is -2.12. The van der Waals surface area contributed by atoms with Gasteiger partial charge in [-0.25, -0.2) is 4.98 Å². The SMILES string of the molecule is CC.CC1=Cc2ccc(C)nc2SC1. The number of thioether (sulfide) groups is 1. The van der Waals surface area contributed by atoms with Gasteiger partial charge in [0.15, 0.2) is 0 Å². The molecule has 0 amide bonds. The van der Waals surface area contributed by atoms with Crippen LogP contribution in [0.1, 0.15) is 32.0 Å². The van der Waals surface area contributed by atoms with Gasteiger partial charge in [0.2, 0.25) is 0 Å². The second-order valence-electron chi connectivity index (χ2n) is 3.13. The number of nitrogens with zero attached hydrogens (tertiary/aromatic N) is 1. The standard InChI is InChI=1S/C10H11NS.C2H6/c1-7-5-9-4-3-8(2)11-10(9)12-6-7;1-2/h3-5H,6H2,1-2H3;1-2H3. The highest BCUT2D eigenvalue weighted by molar-refractivity contribution is 7.99. The quantitative estimate of drug-likeness (QED) is 0.639. The highest BCUT2D eigenvalue weighted by Crippen LogP contribution is 2.29. The van der Waals surface area contributed by atoms with Crippen LogP contribution >= 0.6 is 11.8 Å². The van der Waals surface area contributed by atoms with Crippen LogP contribution in [0.2, 0.25) is 0 Å². The van der Waals surface area contributed by atoms with E-state index in [1.54, 1.807) is 0 Å². The summed E-state index contributed by atoms with van der Waals surface area (Å²) < 4.78 is 0. The number of hydrogen-bond acceptors (Lipinski definition) is 2. The summed E-state index contributed by atoms with van der Waals surface area (Å²) in [7, 11) is 0. The lowest BCUT2D eigenvalue weighted by Crippen LogP contribution is -1.96. The summed E-state index contributed by atoms with van der Waals surface area (Å²) in [5.41, 5.74) is 3.81. The Labute approximate surface area is 90.6 Å². The van der Waals surface area contributed by atoms with E-state index in [2.05, 4.69) is 30.1 Å². The molecule has 0 aromatic carbocycles. The van der Waals surface area contributed by atoms with E-state index >= 15 is 0 Å². The predicted molar refractivity (Wildman–Crippen MR) is 64.7 cm³/mol. The summed E-state index contributed by atoms with van der Waals surface area (Å²) in [5, 5.41) is 1.18. The predicted octanol–water partition coefficient (Wildman–Crippen LogP) is 3.93. The highest BCUT2D eigenvalue weighted by atomic mass is 32.2. The first-order chi connectivity index (χ1) is 6.75. The zero-order chi connectivity index (χ0) is 10.6. The van der Waals surface area contributed by atoms with Crippen LogP contribution in [0, 0.1) is 6.92 Å². The van der Waals surface area contributed by atoms with Gasteiger partial charge in [0.25, 0.3) is 0 Å². The number of rotatable bonds is 0. The molecule has 1 aromatic heterocycles. The molecular weight excluding hydrogens is 190 g/mol. The largest absolute Gasteiger partial charge is 0.246 e. The van der Waals surface area contributed by atoms with E-state index in [0.29, 0.717) is 0 Å². The van der Waals surface area contributed by atoms with Crippen molar-refractivity contribution in [3.05, 3.63) is 29.0 Å². The van der Waals surface area contributed by atoms with Gasteiger partial charge in [-0.05, 0) is 19.9 Å². The van der Waals surface area contributed by atoms with Crippen molar-refractivity contribution in [3.63, 3.8) is 0 Å². The van der Waals surface area contributed by atoms with E-state index in [1.807, 2.05) is 32.5 Å². The molecular formula is C12H17NS. The van der Waals surface area contributed by atoms with E-state index in [1.165, 1.54) is 16.2 Å². The molecule has 2 heteroatoms.